The Bertz CT molecular complexity index is 572. The molecule has 112 valence electrons. The van der Waals surface area contributed by atoms with Gasteiger partial charge in [0.15, 0.2) is 0 Å². The number of hydrogen-bond acceptors (Lipinski definition) is 5. The molecule has 0 aliphatic carbocycles. The first kappa shape index (κ1) is 15.1. The molecule has 5 heteroatoms. The van der Waals surface area contributed by atoms with Gasteiger partial charge in [0, 0.05) is 18.8 Å². The van der Waals surface area contributed by atoms with Crippen molar-refractivity contribution in [1.82, 2.24) is 9.97 Å². The normalized spacial score (nSPS) is 10.5. The summed E-state index contributed by atoms with van der Waals surface area (Å²) in [6.45, 7) is 4.92. The first-order chi connectivity index (χ1) is 10.2. The van der Waals surface area contributed by atoms with Gasteiger partial charge in [0.25, 0.3) is 0 Å². The highest BCUT2D eigenvalue weighted by molar-refractivity contribution is 5.40. The average Bonchev–Trinajstić information content (AvgIpc) is 2.47. The molecule has 0 saturated heterocycles. The number of ether oxygens (including phenoxy) is 1. The third kappa shape index (κ3) is 4.63. The number of para-hydroxylation sites is 1. The SMILES string of the molecule is COc1ccccc1CCNc1nccc(NC(C)C)n1. The van der Waals surface area contributed by atoms with Crippen LogP contribution in [-0.2, 0) is 6.42 Å². The molecule has 0 amide bonds. The Balaban J connectivity index is 1.91. The van der Waals surface area contributed by atoms with E-state index in [0.29, 0.717) is 12.0 Å². The molecule has 0 aliphatic rings. The van der Waals surface area contributed by atoms with E-state index in [-0.39, 0.29) is 0 Å². The Labute approximate surface area is 125 Å². The largest absolute Gasteiger partial charge is 0.496 e. The fourth-order valence-corrected chi connectivity index (χ4v) is 2.04. The number of nitrogens with one attached hydrogen (secondary N) is 2. The van der Waals surface area contributed by atoms with Crippen molar-refractivity contribution in [3.8, 4) is 5.75 Å². The van der Waals surface area contributed by atoms with Gasteiger partial charge in [-0.05, 0) is 38.0 Å². The molecule has 0 fully saturated rings. The predicted molar refractivity (Wildman–Crippen MR) is 86.0 cm³/mol. The lowest BCUT2D eigenvalue weighted by atomic mass is 10.1. The fraction of sp³-hybridized carbons (Fsp3) is 0.375. The Morgan fingerprint density at radius 1 is 1.19 bits per heavy atom. The molecule has 2 N–H and O–H groups in total. The summed E-state index contributed by atoms with van der Waals surface area (Å²) in [6.07, 6.45) is 2.61. The minimum absolute atomic E-state index is 0.348. The smallest absolute Gasteiger partial charge is 0.224 e. The molecular formula is C16H22N4O. The van der Waals surface area contributed by atoms with E-state index in [1.165, 1.54) is 5.56 Å². The highest BCUT2D eigenvalue weighted by Crippen LogP contribution is 2.17. The maximum atomic E-state index is 5.34. The van der Waals surface area contributed by atoms with E-state index in [9.17, 15) is 0 Å². The van der Waals surface area contributed by atoms with Crippen LogP contribution in [0.25, 0.3) is 0 Å². The summed E-state index contributed by atoms with van der Waals surface area (Å²) in [5, 5.41) is 6.50. The molecule has 0 bridgehead atoms. The lowest BCUT2D eigenvalue weighted by molar-refractivity contribution is 0.410. The van der Waals surface area contributed by atoms with E-state index in [1.807, 2.05) is 24.3 Å². The number of hydrogen-bond donors (Lipinski definition) is 2. The molecule has 0 saturated carbocycles. The molecule has 0 spiro atoms. The molecular weight excluding hydrogens is 264 g/mol. The van der Waals surface area contributed by atoms with Crippen molar-refractivity contribution in [1.29, 1.82) is 0 Å². The van der Waals surface area contributed by atoms with Gasteiger partial charge in [-0.1, -0.05) is 18.2 Å². The zero-order valence-corrected chi connectivity index (χ0v) is 12.8. The lowest BCUT2D eigenvalue weighted by Gasteiger charge is -2.11. The Hall–Kier alpha value is -2.30. The summed E-state index contributed by atoms with van der Waals surface area (Å²) < 4.78 is 5.34. The van der Waals surface area contributed by atoms with Crippen LogP contribution in [0.15, 0.2) is 36.5 Å². The van der Waals surface area contributed by atoms with Crippen LogP contribution in [0.5, 0.6) is 5.75 Å². The lowest BCUT2D eigenvalue weighted by Crippen LogP contribution is -2.13. The summed E-state index contributed by atoms with van der Waals surface area (Å²) in [6, 6.07) is 10.2. The monoisotopic (exact) mass is 286 g/mol. The third-order valence-electron chi connectivity index (χ3n) is 2.96. The summed E-state index contributed by atoms with van der Waals surface area (Å²) in [5.74, 6) is 2.38. The summed E-state index contributed by atoms with van der Waals surface area (Å²) in [4.78, 5) is 8.65. The number of anilines is 2. The van der Waals surface area contributed by atoms with Gasteiger partial charge in [0.2, 0.25) is 5.95 Å². The Kier molecular flexibility index (Phi) is 5.37. The van der Waals surface area contributed by atoms with E-state index in [0.717, 1.165) is 24.5 Å². The maximum Gasteiger partial charge on any atom is 0.224 e. The predicted octanol–water partition coefficient (Wildman–Crippen LogP) is 2.96. The molecule has 2 rings (SSSR count). The number of aromatic nitrogens is 2. The molecule has 0 radical (unpaired) electrons. The molecule has 5 nitrogen and oxygen atoms in total. The molecule has 1 aromatic heterocycles. The fourth-order valence-electron chi connectivity index (χ4n) is 2.04. The van der Waals surface area contributed by atoms with Gasteiger partial charge >= 0.3 is 0 Å². The summed E-state index contributed by atoms with van der Waals surface area (Å²) >= 11 is 0. The van der Waals surface area contributed by atoms with Gasteiger partial charge in [-0.15, -0.1) is 0 Å². The standard InChI is InChI=1S/C16H22N4O/c1-12(2)19-15-9-11-18-16(20-15)17-10-8-13-6-4-5-7-14(13)21-3/h4-7,9,11-12H,8,10H2,1-3H3,(H2,17,18,19,20). The van der Waals surface area contributed by atoms with Crippen LogP contribution in [0.3, 0.4) is 0 Å². The average molecular weight is 286 g/mol. The second-order valence-corrected chi connectivity index (χ2v) is 5.05. The molecule has 1 heterocycles. The van der Waals surface area contributed by atoms with Crippen LogP contribution in [0, 0.1) is 0 Å². The zero-order chi connectivity index (χ0) is 15.1. The second kappa shape index (κ2) is 7.47. The summed E-state index contributed by atoms with van der Waals surface area (Å²) in [5.41, 5.74) is 1.17. The van der Waals surface area contributed by atoms with E-state index >= 15 is 0 Å². The molecule has 2 aromatic rings. The number of nitrogens with zero attached hydrogens (tertiary/aromatic N) is 2. The molecule has 21 heavy (non-hydrogen) atoms. The minimum Gasteiger partial charge on any atom is -0.496 e. The highest BCUT2D eigenvalue weighted by Gasteiger charge is 2.03. The molecule has 0 aliphatic heterocycles. The van der Waals surface area contributed by atoms with Crippen LogP contribution < -0.4 is 15.4 Å². The van der Waals surface area contributed by atoms with Crippen molar-refractivity contribution in [2.24, 2.45) is 0 Å². The molecule has 1 aromatic carbocycles. The van der Waals surface area contributed by atoms with Gasteiger partial charge < -0.3 is 15.4 Å². The topological polar surface area (TPSA) is 59.1 Å². The van der Waals surface area contributed by atoms with Gasteiger partial charge in [-0.2, -0.15) is 4.98 Å². The number of benzene rings is 1. The van der Waals surface area contributed by atoms with Crippen molar-refractivity contribution >= 4 is 11.8 Å². The number of methoxy groups -OCH3 is 1. The van der Waals surface area contributed by atoms with Crippen LogP contribution >= 0.6 is 0 Å². The van der Waals surface area contributed by atoms with E-state index < -0.39 is 0 Å². The second-order valence-electron chi connectivity index (χ2n) is 5.05. The van der Waals surface area contributed by atoms with Crippen LogP contribution in [-0.4, -0.2) is 29.7 Å². The van der Waals surface area contributed by atoms with Crippen molar-refractivity contribution in [2.75, 3.05) is 24.3 Å². The van der Waals surface area contributed by atoms with Gasteiger partial charge in [0.1, 0.15) is 11.6 Å². The van der Waals surface area contributed by atoms with E-state index in [2.05, 4.69) is 40.5 Å². The van der Waals surface area contributed by atoms with E-state index in [1.54, 1.807) is 13.3 Å². The van der Waals surface area contributed by atoms with Crippen molar-refractivity contribution < 1.29 is 4.74 Å². The first-order valence-electron chi connectivity index (χ1n) is 7.14. The van der Waals surface area contributed by atoms with Gasteiger partial charge in [-0.3, -0.25) is 0 Å². The minimum atomic E-state index is 0.348. The van der Waals surface area contributed by atoms with Crippen LogP contribution in [0.4, 0.5) is 11.8 Å². The molecule has 0 atom stereocenters. The van der Waals surface area contributed by atoms with Crippen LogP contribution in [0.1, 0.15) is 19.4 Å². The quantitative estimate of drug-likeness (QED) is 0.819. The highest BCUT2D eigenvalue weighted by atomic mass is 16.5. The van der Waals surface area contributed by atoms with Crippen LogP contribution in [0.2, 0.25) is 0 Å². The van der Waals surface area contributed by atoms with Gasteiger partial charge in [0.05, 0.1) is 7.11 Å². The Morgan fingerprint density at radius 2 is 2.00 bits per heavy atom. The van der Waals surface area contributed by atoms with Crippen molar-refractivity contribution in [3.05, 3.63) is 42.1 Å². The van der Waals surface area contributed by atoms with Crippen molar-refractivity contribution in [2.45, 2.75) is 26.3 Å². The summed E-state index contributed by atoms with van der Waals surface area (Å²) in [7, 11) is 1.69. The van der Waals surface area contributed by atoms with Crippen molar-refractivity contribution in [3.63, 3.8) is 0 Å². The first-order valence-corrected chi connectivity index (χ1v) is 7.14. The van der Waals surface area contributed by atoms with Gasteiger partial charge in [-0.25, -0.2) is 4.98 Å². The third-order valence-corrected chi connectivity index (χ3v) is 2.96. The zero-order valence-electron chi connectivity index (χ0n) is 12.8. The van der Waals surface area contributed by atoms with E-state index in [4.69, 9.17) is 4.74 Å². The Morgan fingerprint density at radius 3 is 2.76 bits per heavy atom. The number of rotatable bonds is 7. The molecule has 0 unspecified atom stereocenters. The maximum absolute atomic E-state index is 5.34.